The van der Waals surface area contributed by atoms with Crippen LogP contribution in [0.2, 0.25) is 0 Å². The van der Waals surface area contributed by atoms with E-state index >= 15 is 0 Å². The molecule has 224 valence electrons. The first-order chi connectivity index (χ1) is 21.0. The number of methoxy groups -OCH3 is 1. The van der Waals surface area contributed by atoms with Crippen LogP contribution in [-0.2, 0) is 14.9 Å². The van der Waals surface area contributed by atoms with E-state index < -0.39 is 6.03 Å². The molecule has 0 fully saturated rings. The second-order valence-electron chi connectivity index (χ2n) is 11.4. The molecule has 3 N–H and O–H groups in total. The van der Waals surface area contributed by atoms with E-state index in [0.29, 0.717) is 33.4 Å². The molecule has 2 aromatic heterocycles. The predicted octanol–water partition coefficient (Wildman–Crippen LogP) is 6.49. The Hall–Kier alpha value is -5.35. The number of fused-ring (bicyclic) bond motifs is 1. The minimum Gasteiger partial charge on any atom is -0.375 e. The Kier molecular flexibility index (Phi) is 8.54. The van der Waals surface area contributed by atoms with Gasteiger partial charge < -0.3 is 15.4 Å². The van der Waals surface area contributed by atoms with Gasteiger partial charge in [-0.2, -0.15) is 5.10 Å². The maximum absolute atomic E-state index is 13.6. The molecule has 44 heavy (non-hydrogen) atoms. The number of nitrogens with zero attached hydrogens (tertiary/aromatic N) is 3. The number of benzene rings is 3. The van der Waals surface area contributed by atoms with Gasteiger partial charge in [-0.3, -0.25) is 14.9 Å². The maximum Gasteiger partial charge on any atom is 0.324 e. The van der Waals surface area contributed by atoms with Crippen molar-refractivity contribution in [3.8, 4) is 5.69 Å². The second kappa shape index (κ2) is 12.5. The van der Waals surface area contributed by atoms with Crippen LogP contribution in [0.5, 0.6) is 0 Å². The molecule has 5 rings (SSSR count). The third-order valence-corrected chi connectivity index (χ3v) is 6.98. The van der Waals surface area contributed by atoms with Crippen LogP contribution in [0.4, 0.5) is 22.1 Å². The van der Waals surface area contributed by atoms with E-state index in [2.05, 4.69) is 41.7 Å². The van der Waals surface area contributed by atoms with Crippen molar-refractivity contribution in [2.75, 3.05) is 29.7 Å². The van der Waals surface area contributed by atoms with E-state index in [4.69, 9.17) is 9.84 Å². The lowest BCUT2D eigenvalue weighted by Gasteiger charge is -2.14. The zero-order valence-corrected chi connectivity index (χ0v) is 25.3. The van der Waals surface area contributed by atoms with Gasteiger partial charge in [-0.25, -0.2) is 14.5 Å². The number of rotatable bonds is 8. The number of hydrogen-bond acceptors (Lipinski definition) is 6. The quantitative estimate of drug-likeness (QED) is 0.177. The lowest BCUT2D eigenvalue weighted by Crippen LogP contribution is -2.21. The highest BCUT2D eigenvalue weighted by Gasteiger charge is 2.22. The lowest BCUT2D eigenvalue weighted by atomic mass is 9.92. The van der Waals surface area contributed by atoms with Crippen LogP contribution in [0.1, 0.15) is 48.0 Å². The smallest absolute Gasteiger partial charge is 0.324 e. The molecule has 0 unspecified atom stereocenters. The zero-order valence-electron chi connectivity index (χ0n) is 25.3. The number of amides is 3. The molecule has 0 saturated carbocycles. The van der Waals surface area contributed by atoms with Gasteiger partial charge in [-0.15, -0.1) is 0 Å². The normalized spacial score (nSPS) is 11.3. The molecule has 3 aromatic carbocycles. The van der Waals surface area contributed by atoms with Crippen LogP contribution in [0, 0.1) is 6.92 Å². The molecule has 3 amide bonds. The number of aromatic nitrogens is 3. The molecule has 2 heterocycles. The SMILES string of the molecule is COCC(=O)Nc1cc(C(=O)c2ccc(NC(=O)Nc3cc(C(C)(C)C)nn3-c3ccc(C)cc3)c3ccccc23)ccn1. The van der Waals surface area contributed by atoms with E-state index in [9.17, 15) is 14.4 Å². The summed E-state index contributed by atoms with van der Waals surface area (Å²) >= 11 is 0. The Bertz CT molecular complexity index is 1850. The van der Waals surface area contributed by atoms with Crippen molar-refractivity contribution in [3.63, 3.8) is 0 Å². The lowest BCUT2D eigenvalue weighted by molar-refractivity contribution is -0.119. The minimum atomic E-state index is -0.450. The van der Waals surface area contributed by atoms with Crippen LogP contribution in [0.3, 0.4) is 0 Å². The van der Waals surface area contributed by atoms with Crippen LogP contribution < -0.4 is 16.0 Å². The van der Waals surface area contributed by atoms with Gasteiger partial charge >= 0.3 is 6.03 Å². The zero-order chi connectivity index (χ0) is 31.4. The van der Waals surface area contributed by atoms with Crippen molar-refractivity contribution in [2.45, 2.75) is 33.1 Å². The van der Waals surface area contributed by atoms with Crippen LogP contribution in [-0.4, -0.2) is 46.2 Å². The summed E-state index contributed by atoms with van der Waals surface area (Å²) in [5.74, 6) is 0.147. The molecule has 0 bridgehead atoms. The fourth-order valence-corrected chi connectivity index (χ4v) is 4.70. The highest BCUT2D eigenvalue weighted by Crippen LogP contribution is 2.30. The molecular formula is C34H34N6O4. The van der Waals surface area contributed by atoms with Crippen molar-refractivity contribution in [3.05, 3.63) is 107 Å². The maximum atomic E-state index is 13.6. The Balaban J connectivity index is 1.42. The van der Waals surface area contributed by atoms with Gasteiger partial charge in [-0.05, 0) is 48.7 Å². The first kappa shape index (κ1) is 30.1. The second-order valence-corrected chi connectivity index (χ2v) is 11.4. The number of anilines is 3. The average molecular weight is 591 g/mol. The van der Waals surface area contributed by atoms with Crippen molar-refractivity contribution in [1.29, 1.82) is 0 Å². The van der Waals surface area contributed by atoms with Crippen LogP contribution in [0.15, 0.2) is 85.1 Å². The first-order valence-electron chi connectivity index (χ1n) is 14.1. The van der Waals surface area contributed by atoms with Crippen LogP contribution in [0.25, 0.3) is 16.5 Å². The summed E-state index contributed by atoms with van der Waals surface area (Å²) in [4.78, 5) is 43.0. The van der Waals surface area contributed by atoms with Crippen molar-refractivity contribution in [1.82, 2.24) is 14.8 Å². The fourth-order valence-electron chi connectivity index (χ4n) is 4.70. The fraction of sp³-hybridized carbons (Fsp3) is 0.206. The molecule has 0 aliphatic rings. The average Bonchev–Trinajstić information content (AvgIpc) is 3.42. The van der Waals surface area contributed by atoms with Gasteiger partial charge in [0.2, 0.25) is 0 Å². The topological polar surface area (TPSA) is 127 Å². The van der Waals surface area contributed by atoms with Gasteiger partial charge in [0.15, 0.2) is 5.78 Å². The standard InChI is InChI=1S/C34H34N6O4/c1-21-10-12-23(13-11-21)40-30(19-28(39-40)34(2,3)4)38-33(43)36-27-15-14-26(24-8-6-7-9-25(24)27)32(42)22-16-17-35-29(18-22)37-31(41)20-44-5/h6-19H,20H2,1-5H3,(H,35,37,41)(H2,36,38,43). The molecule has 0 radical (unpaired) electrons. The molecule has 10 nitrogen and oxygen atoms in total. The summed E-state index contributed by atoms with van der Waals surface area (Å²) in [5, 5.41) is 14.7. The molecule has 0 atom stereocenters. The highest BCUT2D eigenvalue weighted by molar-refractivity contribution is 6.19. The number of carbonyl (C=O) groups is 3. The van der Waals surface area contributed by atoms with Crippen molar-refractivity contribution >= 4 is 45.8 Å². The molecule has 10 heteroatoms. The summed E-state index contributed by atoms with van der Waals surface area (Å²) in [6.07, 6.45) is 1.46. The monoisotopic (exact) mass is 590 g/mol. The number of ketones is 1. The number of urea groups is 1. The summed E-state index contributed by atoms with van der Waals surface area (Å²) in [6.45, 7) is 8.09. The molecule has 0 saturated heterocycles. The Labute approximate surface area is 255 Å². The number of aryl methyl sites for hydroxylation is 1. The van der Waals surface area contributed by atoms with Crippen molar-refractivity contribution in [2.24, 2.45) is 0 Å². The number of nitrogens with one attached hydrogen (secondary N) is 3. The minimum absolute atomic E-state index is 0.126. The van der Waals surface area contributed by atoms with Gasteiger partial charge in [-0.1, -0.05) is 62.7 Å². The number of ether oxygens (including phenoxy) is 1. The van der Waals surface area contributed by atoms with E-state index in [1.807, 2.05) is 61.5 Å². The molecule has 5 aromatic rings. The van der Waals surface area contributed by atoms with E-state index in [1.165, 1.54) is 19.4 Å². The van der Waals surface area contributed by atoms with E-state index in [0.717, 1.165) is 16.9 Å². The number of carbonyl (C=O) groups excluding carboxylic acids is 3. The van der Waals surface area contributed by atoms with Gasteiger partial charge in [0.05, 0.1) is 17.1 Å². The third kappa shape index (κ3) is 6.66. The Morgan fingerprint density at radius 2 is 1.59 bits per heavy atom. The van der Waals surface area contributed by atoms with Gasteiger partial charge in [0, 0.05) is 41.3 Å². The molecular weight excluding hydrogens is 556 g/mol. The molecule has 0 aliphatic carbocycles. The Morgan fingerprint density at radius 1 is 0.864 bits per heavy atom. The Morgan fingerprint density at radius 3 is 2.30 bits per heavy atom. The summed E-state index contributed by atoms with van der Waals surface area (Å²) in [7, 11) is 1.42. The predicted molar refractivity (Wildman–Crippen MR) is 172 cm³/mol. The molecule has 0 aliphatic heterocycles. The van der Waals surface area contributed by atoms with E-state index in [1.54, 1.807) is 22.9 Å². The van der Waals surface area contributed by atoms with Gasteiger partial charge in [0.1, 0.15) is 18.2 Å². The third-order valence-electron chi connectivity index (χ3n) is 6.98. The number of hydrogen-bond donors (Lipinski definition) is 3. The van der Waals surface area contributed by atoms with Gasteiger partial charge in [0.25, 0.3) is 5.91 Å². The summed E-state index contributed by atoms with van der Waals surface area (Å²) in [5.41, 5.74) is 3.89. The summed E-state index contributed by atoms with van der Waals surface area (Å²) in [6, 6.07) is 23.2. The first-order valence-corrected chi connectivity index (χ1v) is 14.1. The molecule has 0 spiro atoms. The summed E-state index contributed by atoms with van der Waals surface area (Å²) < 4.78 is 6.56. The van der Waals surface area contributed by atoms with Crippen molar-refractivity contribution < 1.29 is 19.1 Å². The van der Waals surface area contributed by atoms with E-state index in [-0.39, 0.29) is 29.5 Å². The largest absolute Gasteiger partial charge is 0.375 e. The van der Waals surface area contributed by atoms with Crippen LogP contribution >= 0.6 is 0 Å². The number of pyridine rings is 1. The highest BCUT2D eigenvalue weighted by atomic mass is 16.5.